The van der Waals surface area contributed by atoms with Gasteiger partial charge in [0, 0.05) is 24.7 Å². The lowest BCUT2D eigenvalue weighted by Gasteiger charge is -2.50. The zero-order valence-electron chi connectivity index (χ0n) is 11.9. The van der Waals surface area contributed by atoms with E-state index in [1.807, 2.05) is 0 Å². The third-order valence-corrected chi connectivity index (χ3v) is 5.16. The van der Waals surface area contributed by atoms with E-state index in [9.17, 15) is 0 Å². The SMILES string of the molecule is CCC(CC)CN1C2CCCC1CC(NC)C2. The van der Waals surface area contributed by atoms with Crippen LogP contribution in [0, 0.1) is 5.92 Å². The van der Waals surface area contributed by atoms with Crippen molar-refractivity contribution in [3.05, 3.63) is 0 Å². The Labute approximate surface area is 107 Å². The van der Waals surface area contributed by atoms with Gasteiger partial charge in [0.25, 0.3) is 0 Å². The van der Waals surface area contributed by atoms with Gasteiger partial charge in [-0.3, -0.25) is 4.90 Å². The molecular weight excluding hydrogens is 208 g/mol. The molecule has 0 aromatic heterocycles. The van der Waals surface area contributed by atoms with Crippen molar-refractivity contribution in [1.29, 1.82) is 0 Å². The number of nitrogens with one attached hydrogen (secondary N) is 1. The van der Waals surface area contributed by atoms with E-state index >= 15 is 0 Å². The van der Waals surface area contributed by atoms with Gasteiger partial charge in [-0.05, 0) is 38.6 Å². The predicted molar refractivity (Wildman–Crippen MR) is 74.3 cm³/mol. The van der Waals surface area contributed by atoms with Crippen LogP contribution in [-0.4, -0.2) is 36.6 Å². The third kappa shape index (κ3) is 3.03. The molecule has 2 atom stereocenters. The van der Waals surface area contributed by atoms with Crippen LogP contribution in [0.1, 0.15) is 58.8 Å². The normalized spacial score (nSPS) is 34.2. The Morgan fingerprint density at radius 2 is 1.71 bits per heavy atom. The molecule has 0 aromatic carbocycles. The quantitative estimate of drug-likeness (QED) is 0.792. The number of piperidine rings is 2. The highest BCUT2D eigenvalue weighted by molar-refractivity contribution is 4.95. The smallest absolute Gasteiger partial charge is 0.0113 e. The second-order valence-electron chi connectivity index (χ2n) is 6.07. The minimum absolute atomic E-state index is 0.781. The van der Waals surface area contributed by atoms with Gasteiger partial charge in [-0.2, -0.15) is 0 Å². The second-order valence-corrected chi connectivity index (χ2v) is 6.07. The summed E-state index contributed by atoms with van der Waals surface area (Å²) in [5.74, 6) is 0.921. The Morgan fingerprint density at radius 1 is 1.12 bits per heavy atom. The highest BCUT2D eigenvalue weighted by Gasteiger charge is 2.37. The van der Waals surface area contributed by atoms with Gasteiger partial charge in [0.05, 0.1) is 0 Å². The van der Waals surface area contributed by atoms with Gasteiger partial charge in [0.1, 0.15) is 0 Å². The molecule has 2 unspecified atom stereocenters. The molecule has 2 saturated heterocycles. The van der Waals surface area contributed by atoms with Crippen LogP contribution in [0.4, 0.5) is 0 Å². The van der Waals surface area contributed by atoms with Crippen LogP contribution in [0.25, 0.3) is 0 Å². The summed E-state index contributed by atoms with van der Waals surface area (Å²) < 4.78 is 0. The van der Waals surface area contributed by atoms with Crippen molar-refractivity contribution < 1.29 is 0 Å². The highest BCUT2D eigenvalue weighted by atomic mass is 15.2. The van der Waals surface area contributed by atoms with Crippen molar-refractivity contribution >= 4 is 0 Å². The molecule has 100 valence electrons. The molecule has 0 radical (unpaired) electrons. The average Bonchev–Trinajstić information content (AvgIpc) is 2.35. The number of fused-ring (bicyclic) bond motifs is 2. The van der Waals surface area contributed by atoms with Gasteiger partial charge in [-0.1, -0.05) is 33.1 Å². The molecule has 2 aliphatic heterocycles. The summed E-state index contributed by atoms with van der Waals surface area (Å²) in [6, 6.07) is 2.53. The fourth-order valence-corrected chi connectivity index (χ4v) is 3.86. The summed E-state index contributed by atoms with van der Waals surface area (Å²) in [5, 5.41) is 3.51. The summed E-state index contributed by atoms with van der Waals surface area (Å²) in [6.45, 7) is 6.06. The monoisotopic (exact) mass is 238 g/mol. The highest BCUT2D eigenvalue weighted by Crippen LogP contribution is 2.35. The molecule has 17 heavy (non-hydrogen) atoms. The fraction of sp³-hybridized carbons (Fsp3) is 1.00. The van der Waals surface area contributed by atoms with Crippen LogP contribution < -0.4 is 5.32 Å². The third-order valence-electron chi connectivity index (χ3n) is 5.16. The van der Waals surface area contributed by atoms with Crippen molar-refractivity contribution in [3.8, 4) is 0 Å². The van der Waals surface area contributed by atoms with Crippen LogP contribution >= 0.6 is 0 Å². The Bertz CT molecular complexity index is 211. The first-order valence-corrected chi connectivity index (χ1v) is 7.71. The van der Waals surface area contributed by atoms with Crippen LogP contribution in [-0.2, 0) is 0 Å². The molecule has 2 fully saturated rings. The number of hydrogen-bond donors (Lipinski definition) is 1. The van der Waals surface area contributed by atoms with Crippen molar-refractivity contribution in [1.82, 2.24) is 10.2 Å². The van der Waals surface area contributed by atoms with Gasteiger partial charge < -0.3 is 5.32 Å². The molecule has 2 aliphatic rings. The maximum atomic E-state index is 3.51. The van der Waals surface area contributed by atoms with E-state index in [1.165, 1.54) is 51.5 Å². The molecular formula is C15H30N2. The van der Waals surface area contributed by atoms with Crippen LogP contribution in [0.3, 0.4) is 0 Å². The summed E-state index contributed by atoms with van der Waals surface area (Å²) in [7, 11) is 2.14. The molecule has 2 bridgehead atoms. The van der Waals surface area contributed by atoms with Crippen LogP contribution in [0.15, 0.2) is 0 Å². The van der Waals surface area contributed by atoms with Gasteiger partial charge in [-0.15, -0.1) is 0 Å². The van der Waals surface area contributed by atoms with Crippen molar-refractivity contribution in [2.24, 2.45) is 5.92 Å². The van der Waals surface area contributed by atoms with E-state index in [0.717, 1.165) is 24.0 Å². The van der Waals surface area contributed by atoms with Crippen LogP contribution in [0.2, 0.25) is 0 Å². The first kappa shape index (κ1) is 13.4. The Balaban J connectivity index is 1.97. The molecule has 0 amide bonds. The topological polar surface area (TPSA) is 15.3 Å². The van der Waals surface area contributed by atoms with E-state index in [1.54, 1.807) is 0 Å². The van der Waals surface area contributed by atoms with E-state index in [-0.39, 0.29) is 0 Å². The largest absolute Gasteiger partial charge is 0.317 e. The predicted octanol–water partition coefficient (Wildman–Crippen LogP) is 3.03. The molecule has 2 nitrogen and oxygen atoms in total. The molecule has 0 aliphatic carbocycles. The maximum absolute atomic E-state index is 3.51. The minimum Gasteiger partial charge on any atom is -0.317 e. The summed E-state index contributed by atoms with van der Waals surface area (Å²) in [5.41, 5.74) is 0. The number of nitrogens with zero attached hydrogens (tertiary/aromatic N) is 1. The standard InChI is InChI=1S/C15H30N2/c1-4-12(5-2)11-17-14-7-6-8-15(17)10-13(9-14)16-3/h12-16H,4-11H2,1-3H3. The molecule has 1 N–H and O–H groups in total. The molecule has 2 rings (SSSR count). The lowest BCUT2D eigenvalue weighted by atomic mass is 9.81. The number of hydrogen-bond acceptors (Lipinski definition) is 2. The molecule has 0 spiro atoms. The zero-order chi connectivity index (χ0) is 12.3. The molecule has 0 saturated carbocycles. The van der Waals surface area contributed by atoms with E-state index in [2.05, 4.69) is 31.1 Å². The first-order chi connectivity index (χ1) is 8.28. The molecule has 2 heteroatoms. The summed E-state index contributed by atoms with van der Waals surface area (Å²) in [6.07, 6.45) is 9.80. The van der Waals surface area contributed by atoms with Crippen molar-refractivity contribution in [2.45, 2.75) is 76.9 Å². The van der Waals surface area contributed by atoms with Gasteiger partial charge in [-0.25, -0.2) is 0 Å². The molecule has 2 heterocycles. The Kier molecular flexibility index (Phi) is 4.87. The van der Waals surface area contributed by atoms with E-state index in [0.29, 0.717) is 0 Å². The number of rotatable bonds is 5. The van der Waals surface area contributed by atoms with E-state index in [4.69, 9.17) is 0 Å². The minimum atomic E-state index is 0.781. The molecule has 0 aromatic rings. The van der Waals surface area contributed by atoms with E-state index < -0.39 is 0 Å². The zero-order valence-corrected chi connectivity index (χ0v) is 11.9. The van der Waals surface area contributed by atoms with Gasteiger partial charge >= 0.3 is 0 Å². The van der Waals surface area contributed by atoms with Crippen molar-refractivity contribution in [3.63, 3.8) is 0 Å². The van der Waals surface area contributed by atoms with Crippen LogP contribution in [0.5, 0.6) is 0 Å². The summed E-state index contributed by atoms with van der Waals surface area (Å²) >= 11 is 0. The average molecular weight is 238 g/mol. The second kappa shape index (κ2) is 6.19. The lowest BCUT2D eigenvalue weighted by molar-refractivity contribution is 0.0125. The van der Waals surface area contributed by atoms with Gasteiger partial charge in [0.15, 0.2) is 0 Å². The van der Waals surface area contributed by atoms with Crippen molar-refractivity contribution in [2.75, 3.05) is 13.6 Å². The fourth-order valence-electron chi connectivity index (χ4n) is 3.86. The summed E-state index contributed by atoms with van der Waals surface area (Å²) in [4.78, 5) is 2.87. The first-order valence-electron chi connectivity index (χ1n) is 7.71. The van der Waals surface area contributed by atoms with Gasteiger partial charge in [0.2, 0.25) is 0 Å². The maximum Gasteiger partial charge on any atom is 0.0113 e. The lowest BCUT2D eigenvalue weighted by Crippen LogP contribution is -2.56. The Hall–Kier alpha value is -0.0800. The Morgan fingerprint density at radius 3 is 2.18 bits per heavy atom.